The van der Waals surface area contributed by atoms with Crippen LogP contribution in [0.15, 0.2) is 23.6 Å². The molecule has 1 amide bonds. The number of hydrogen-bond acceptors (Lipinski definition) is 4. The molecule has 0 radical (unpaired) electrons. The highest BCUT2D eigenvalue weighted by Gasteiger charge is 2.24. The molecule has 24 heavy (non-hydrogen) atoms. The number of amides is 1. The van der Waals surface area contributed by atoms with E-state index in [1.54, 1.807) is 6.92 Å². The largest absolute Gasteiger partial charge is 0.462 e. The van der Waals surface area contributed by atoms with Gasteiger partial charge in [-0.25, -0.2) is 4.79 Å². The van der Waals surface area contributed by atoms with Gasteiger partial charge in [-0.1, -0.05) is 37.6 Å². The van der Waals surface area contributed by atoms with Gasteiger partial charge in [0.05, 0.1) is 6.61 Å². The number of nitrogens with one attached hydrogen (secondary N) is 1. The first-order valence-electron chi connectivity index (χ1n) is 8.02. The van der Waals surface area contributed by atoms with Crippen LogP contribution in [0.2, 0.25) is 0 Å². The molecule has 0 aliphatic carbocycles. The fourth-order valence-electron chi connectivity index (χ4n) is 2.43. The first kappa shape index (κ1) is 18.2. The summed E-state index contributed by atoms with van der Waals surface area (Å²) in [5.74, 6) is -0.686. The van der Waals surface area contributed by atoms with Crippen molar-refractivity contribution in [1.29, 1.82) is 0 Å². The summed E-state index contributed by atoms with van der Waals surface area (Å²) in [6, 6.07) is 6.10. The Balaban J connectivity index is 2.53. The predicted octanol–water partition coefficient (Wildman–Crippen LogP) is 4.80. The van der Waals surface area contributed by atoms with Crippen molar-refractivity contribution in [3.63, 3.8) is 0 Å². The molecule has 1 aromatic carbocycles. The standard InChI is InChI=1S/C19H23NO3S/c1-6-23-19(22)16-15(14-8-7-12(4)9-13(14)5)10-24-18(16)20-17(21)11(2)3/h7-11H,6H2,1-5H3,(H,20,21). The van der Waals surface area contributed by atoms with Crippen molar-refractivity contribution in [3.05, 3.63) is 40.3 Å². The van der Waals surface area contributed by atoms with E-state index in [-0.39, 0.29) is 11.8 Å². The number of aryl methyl sites for hydroxylation is 2. The summed E-state index contributed by atoms with van der Waals surface area (Å²) in [7, 11) is 0. The minimum Gasteiger partial charge on any atom is -0.462 e. The third-order valence-electron chi connectivity index (χ3n) is 3.70. The topological polar surface area (TPSA) is 55.4 Å². The Morgan fingerprint density at radius 3 is 2.50 bits per heavy atom. The van der Waals surface area contributed by atoms with Gasteiger partial charge in [-0.2, -0.15) is 0 Å². The van der Waals surface area contributed by atoms with E-state index in [1.165, 1.54) is 11.3 Å². The van der Waals surface area contributed by atoms with E-state index in [0.29, 0.717) is 17.2 Å². The van der Waals surface area contributed by atoms with Crippen LogP contribution in [0.3, 0.4) is 0 Å². The third-order valence-corrected chi connectivity index (χ3v) is 4.60. The van der Waals surface area contributed by atoms with Gasteiger partial charge in [-0.05, 0) is 31.9 Å². The Morgan fingerprint density at radius 1 is 1.21 bits per heavy atom. The van der Waals surface area contributed by atoms with Crippen molar-refractivity contribution in [2.75, 3.05) is 11.9 Å². The highest BCUT2D eigenvalue weighted by atomic mass is 32.1. The number of ether oxygens (including phenoxy) is 1. The zero-order valence-corrected chi connectivity index (χ0v) is 15.5. The summed E-state index contributed by atoms with van der Waals surface area (Å²) < 4.78 is 5.21. The maximum Gasteiger partial charge on any atom is 0.341 e. The molecule has 2 rings (SSSR count). The number of benzene rings is 1. The van der Waals surface area contributed by atoms with E-state index in [0.717, 1.165) is 22.3 Å². The number of anilines is 1. The lowest BCUT2D eigenvalue weighted by Crippen LogP contribution is -2.19. The molecule has 1 aromatic heterocycles. The zero-order valence-electron chi connectivity index (χ0n) is 14.7. The van der Waals surface area contributed by atoms with Crippen molar-refractivity contribution in [1.82, 2.24) is 0 Å². The SMILES string of the molecule is CCOC(=O)c1c(-c2ccc(C)cc2C)csc1NC(=O)C(C)C. The summed E-state index contributed by atoms with van der Waals surface area (Å²) in [6.45, 7) is 9.74. The van der Waals surface area contributed by atoms with Crippen molar-refractivity contribution >= 4 is 28.2 Å². The molecule has 1 N–H and O–H groups in total. The second-order valence-electron chi connectivity index (χ2n) is 6.04. The lowest BCUT2D eigenvalue weighted by atomic mass is 9.97. The molecule has 1 heterocycles. The van der Waals surface area contributed by atoms with Gasteiger partial charge in [0.1, 0.15) is 10.6 Å². The first-order valence-corrected chi connectivity index (χ1v) is 8.90. The monoisotopic (exact) mass is 345 g/mol. The first-order chi connectivity index (χ1) is 11.3. The van der Waals surface area contributed by atoms with Gasteiger partial charge in [0.15, 0.2) is 0 Å². The normalized spacial score (nSPS) is 10.8. The molecule has 0 fully saturated rings. The summed E-state index contributed by atoms with van der Waals surface area (Å²) in [6.07, 6.45) is 0. The molecule has 128 valence electrons. The summed E-state index contributed by atoms with van der Waals surface area (Å²) in [5.41, 5.74) is 4.46. The van der Waals surface area contributed by atoms with Crippen LogP contribution in [-0.4, -0.2) is 18.5 Å². The van der Waals surface area contributed by atoms with E-state index in [1.807, 2.05) is 45.2 Å². The molecule has 4 nitrogen and oxygen atoms in total. The van der Waals surface area contributed by atoms with Gasteiger partial charge >= 0.3 is 5.97 Å². The van der Waals surface area contributed by atoms with Crippen LogP contribution in [0.1, 0.15) is 42.3 Å². The minimum absolute atomic E-state index is 0.116. The second-order valence-corrected chi connectivity index (χ2v) is 6.92. The quantitative estimate of drug-likeness (QED) is 0.792. The Kier molecular flexibility index (Phi) is 5.78. The van der Waals surface area contributed by atoms with Crippen LogP contribution in [0.25, 0.3) is 11.1 Å². The second kappa shape index (κ2) is 7.62. The van der Waals surface area contributed by atoms with Crippen LogP contribution in [0.4, 0.5) is 5.00 Å². The van der Waals surface area contributed by atoms with Gasteiger partial charge < -0.3 is 10.1 Å². The smallest absolute Gasteiger partial charge is 0.341 e. The van der Waals surface area contributed by atoms with Crippen LogP contribution in [0, 0.1) is 19.8 Å². The van der Waals surface area contributed by atoms with E-state index in [9.17, 15) is 9.59 Å². The van der Waals surface area contributed by atoms with Gasteiger partial charge in [0.25, 0.3) is 0 Å². The van der Waals surface area contributed by atoms with Crippen LogP contribution in [-0.2, 0) is 9.53 Å². The number of thiophene rings is 1. The molecule has 0 aliphatic rings. The Labute approximate surface area is 146 Å². The lowest BCUT2D eigenvalue weighted by molar-refractivity contribution is -0.118. The van der Waals surface area contributed by atoms with Gasteiger partial charge in [0, 0.05) is 16.9 Å². The van der Waals surface area contributed by atoms with Crippen LogP contribution in [0.5, 0.6) is 0 Å². The Hall–Kier alpha value is -2.14. The van der Waals surface area contributed by atoms with Crippen LogP contribution < -0.4 is 5.32 Å². The van der Waals surface area contributed by atoms with Gasteiger partial charge in [0.2, 0.25) is 5.91 Å². The van der Waals surface area contributed by atoms with Crippen molar-refractivity contribution in [2.24, 2.45) is 5.92 Å². The van der Waals surface area contributed by atoms with Crippen molar-refractivity contribution < 1.29 is 14.3 Å². The average Bonchev–Trinajstić information content (AvgIpc) is 2.90. The Morgan fingerprint density at radius 2 is 1.92 bits per heavy atom. The highest BCUT2D eigenvalue weighted by molar-refractivity contribution is 7.15. The number of carbonyl (C=O) groups excluding carboxylic acids is 2. The number of carbonyl (C=O) groups is 2. The molecule has 0 saturated heterocycles. The predicted molar refractivity (Wildman–Crippen MR) is 98.7 cm³/mol. The van der Waals surface area contributed by atoms with E-state index in [4.69, 9.17) is 4.74 Å². The van der Waals surface area contributed by atoms with Crippen molar-refractivity contribution in [2.45, 2.75) is 34.6 Å². The fourth-order valence-corrected chi connectivity index (χ4v) is 3.38. The number of rotatable bonds is 5. The molecule has 5 heteroatoms. The molecular weight excluding hydrogens is 322 g/mol. The maximum atomic E-state index is 12.5. The molecule has 0 unspecified atom stereocenters. The fraction of sp³-hybridized carbons (Fsp3) is 0.368. The third kappa shape index (κ3) is 3.85. The lowest BCUT2D eigenvalue weighted by Gasteiger charge is -2.11. The maximum absolute atomic E-state index is 12.5. The van der Waals surface area contributed by atoms with E-state index < -0.39 is 5.97 Å². The highest BCUT2D eigenvalue weighted by Crippen LogP contribution is 2.38. The molecule has 0 bridgehead atoms. The van der Waals surface area contributed by atoms with Crippen LogP contribution >= 0.6 is 11.3 Å². The molecule has 0 aliphatic heterocycles. The number of hydrogen-bond donors (Lipinski definition) is 1. The molecule has 0 atom stereocenters. The molecular formula is C19H23NO3S. The van der Waals surface area contributed by atoms with Gasteiger partial charge in [-0.15, -0.1) is 11.3 Å². The van der Waals surface area contributed by atoms with E-state index in [2.05, 4.69) is 11.4 Å². The van der Waals surface area contributed by atoms with Crippen molar-refractivity contribution in [3.8, 4) is 11.1 Å². The molecule has 0 spiro atoms. The minimum atomic E-state index is -0.409. The Bertz CT molecular complexity index is 762. The molecule has 0 saturated carbocycles. The average molecular weight is 345 g/mol. The summed E-state index contributed by atoms with van der Waals surface area (Å²) in [4.78, 5) is 24.5. The van der Waals surface area contributed by atoms with Gasteiger partial charge in [-0.3, -0.25) is 4.79 Å². The summed E-state index contributed by atoms with van der Waals surface area (Å²) >= 11 is 1.35. The summed E-state index contributed by atoms with van der Waals surface area (Å²) in [5, 5.41) is 5.30. The molecule has 2 aromatic rings. The number of esters is 1. The van der Waals surface area contributed by atoms with E-state index >= 15 is 0 Å². The zero-order chi connectivity index (χ0) is 17.9.